The van der Waals surface area contributed by atoms with Gasteiger partial charge in [-0.1, -0.05) is 0 Å². The lowest BCUT2D eigenvalue weighted by molar-refractivity contribution is -0.354. The highest BCUT2D eigenvalue weighted by atomic mass is 16.8. The van der Waals surface area contributed by atoms with E-state index in [1.165, 1.54) is 31.2 Å². The van der Waals surface area contributed by atoms with Gasteiger partial charge in [0.05, 0.1) is 19.3 Å². The van der Waals surface area contributed by atoms with Crippen molar-refractivity contribution in [3.05, 3.63) is 46.6 Å². The highest BCUT2D eigenvalue weighted by Crippen LogP contribution is 2.39. The molecule has 3 aromatic rings. The van der Waals surface area contributed by atoms with E-state index in [2.05, 4.69) is 4.74 Å². The van der Waals surface area contributed by atoms with E-state index in [1.807, 2.05) is 0 Å². The summed E-state index contributed by atoms with van der Waals surface area (Å²) in [4.78, 5) is 36.4. The SMILES string of the molecule is C[C@@H]1O[C@@H](O[C@H]2[C@H](Oc3c(-c4ccc(O)cc4)oc4cc(O[C@@H]5O[C@H](COCOC(=O)CC(=O)O)[C@@H](O)[C@H](O)[C@H]5O)cc(O)c4c3=O)O[C@H](CO)[C@@H](O)[C@@H]2O)[C@@H](O)[C@H](O)[C@H]1O. The van der Waals surface area contributed by atoms with Crippen LogP contribution in [-0.4, -0.2) is 185 Å². The normalized spacial score (nSPS) is 34.2. The van der Waals surface area contributed by atoms with Gasteiger partial charge in [-0.25, -0.2) is 0 Å². The zero-order chi connectivity index (χ0) is 44.4. The van der Waals surface area contributed by atoms with Gasteiger partial charge in [0.15, 0.2) is 24.9 Å². The van der Waals surface area contributed by atoms with Crippen LogP contribution in [0.4, 0.5) is 0 Å². The molecule has 0 saturated carbocycles. The number of aliphatic hydroxyl groups excluding tert-OH is 9. The van der Waals surface area contributed by atoms with Crippen molar-refractivity contribution < 1.29 is 113 Å². The van der Waals surface area contributed by atoms with E-state index in [9.17, 15) is 70.6 Å². The second-order valence-electron chi connectivity index (χ2n) is 14.3. The molecule has 3 fully saturated rings. The van der Waals surface area contributed by atoms with Crippen LogP contribution in [0.15, 0.2) is 45.6 Å². The number of ether oxygens (including phenoxy) is 8. The number of carbonyl (C=O) groups is 2. The van der Waals surface area contributed by atoms with Crippen LogP contribution in [0.5, 0.6) is 23.0 Å². The molecule has 24 nitrogen and oxygen atoms in total. The fourth-order valence-corrected chi connectivity index (χ4v) is 6.66. The van der Waals surface area contributed by atoms with Crippen molar-refractivity contribution in [3.63, 3.8) is 0 Å². The molecule has 0 unspecified atom stereocenters. The first-order valence-electron chi connectivity index (χ1n) is 18.5. The molecular weight excluding hydrogens is 828 g/mol. The molecule has 3 aliphatic rings. The number of phenolic OH excluding ortho intramolecular Hbond substituents is 2. The van der Waals surface area contributed by atoms with Crippen molar-refractivity contribution in [2.75, 3.05) is 20.0 Å². The molecule has 0 bridgehead atoms. The van der Waals surface area contributed by atoms with Gasteiger partial charge in [0.25, 0.3) is 0 Å². The van der Waals surface area contributed by atoms with Gasteiger partial charge in [-0.15, -0.1) is 0 Å². The standard InChI is InChI=1S/C37H44O24/c1-12-23(44)27(48)30(51)35(55-12)61-34-29(50)24(45)18(9-38)58-37(34)60-33-26(47)22-16(40)6-15(7-17(22)57-32(33)13-2-4-14(39)5-3-13)56-36-31(52)28(49)25(46)19(59-36)10-53-11-54-21(43)8-20(41)42/h2-7,12,18-19,23-25,27-31,34-40,44-46,48-52H,8-11H2,1H3,(H,41,42)/t12-,18+,19+,23-,24+,25+,27+,28-,29-,30-,31+,34+,35-,36+,37-/m0/s1. The average molecular weight is 873 g/mol. The summed E-state index contributed by atoms with van der Waals surface area (Å²) < 4.78 is 49.9. The number of aliphatic hydroxyl groups is 9. The minimum absolute atomic E-state index is 0.0572. The molecule has 3 saturated heterocycles. The number of fused-ring (bicyclic) bond motifs is 1. The third-order valence-electron chi connectivity index (χ3n) is 10.00. The van der Waals surface area contributed by atoms with Crippen LogP contribution >= 0.6 is 0 Å². The van der Waals surface area contributed by atoms with Crippen LogP contribution in [0, 0.1) is 0 Å². The van der Waals surface area contributed by atoms with Crippen LogP contribution in [0.1, 0.15) is 13.3 Å². The zero-order valence-electron chi connectivity index (χ0n) is 31.7. The molecule has 0 aliphatic carbocycles. The molecule has 0 spiro atoms. The molecule has 6 rings (SSSR count). The van der Waals surface area contributed by atoms with Gasteiger partial charge in [-0.2, -0.15) is 0 Å². The molecule has 0 radical (unpaired) electrons. The number of aliphatic carboxylic acids is 1. The van der Waals surface area contributed by atoms with E-state index in [0.29, 0.717) is 0 Å². The number of hydrogen-bond acceptors (Lipinski definition) is 23. The number of esters is 1. The maximum Gasteiger partial charge on any atom is 0.319 e. The van der Waals surface area contributed by atoms with Gasteiger partial charge < -0.3 is 104 Å². The van der Waals surface area contributed by atoms with Crippen molar-refractivity contribution in [2.24, 2.45) is 0 Å². The smallest absolute Gasteiger partial charge is 0.319 e. The first-order valence-corrected chi connectivity index (χ1v) is 18.5. The summed E-state index contributed by atoms with van der Waals surface area (Å²) >= 11 is 0. The fraction of sp³-hybridized carbons (Fsp3) is 0.541. The predicted octanol–water partition coefficient (Wildman–Crippen LogP) is -3.92. The molecule has 15 atom stereocenters. The average Bonchev–Trinajstić information content (AvgIpc) is 3.21. The van der Waals surface area contributed by atoms with Gasteiger partial charge in [0, 0.05) is 17.7 Å². The molecule has 1 aromatic heterocycles. The minimum Gasteiger partial charge on any atom is -0.508 e. The highest BCUT2D eigenvalue weighted by molar-refractivity contribution is 5.90. The summed E-state index contributed by atoms with van der Waals surface area (Å²) in [5, 5.41) is 124. The van der Waals surface area contributed by atoms with Gasteiger partial charge in [0.1, 0.15) is 95.7 Å². The summed E-state index contributed by atoms with van der Waals surface area (Å²) in [6, 6.07) is 6.99. The molecule has 12 N–H and O–H groups in total. The maximum absolute atomic E-state index is 14.3. The van der Waals surface area contributed by atoms with Crippen LogP contribution in [0.3, 0.4) is 0 Å². The van der Waals surface area contributed by atoms with E-state index in [4.69, 9.17) is 42.7 Å². The van der Waals surface area contributed by atoms with Crippen molar-refractivity contribution >= 4 is 22.9 Å². The summed E-state index contributed by atoms with van der Waals surface area (Å²) in [5.41, 5.74) is -1.45. The van der Waals surface area contributed by atoms with E-state index >= 15 is 0 Å². The van der Waals surface area contributed by atoms with Gasteiger partial charge in [-0.05, 0) is 31.2 Å². The largest absolute Gasteiger partial charge is 0.508 e. The number of benzene rings is 2. The van der Waals surface area contributed by atoms with E-state index in [1.54, 1.807) is 0 Å². The predicted molar refractivity (Wildman–Crippen MR) is 193 cm³/mol. The van der Waals surface area contributed by atoms with Crippen LogP contribution in [0.2, 0.25) is 0 Å². The monoisotopic (exact) mass is 872 g/mol. The molecule has 2 aromatic carbocycles. The van der Waals surface area contributed by atoms with Crippen LogP contribution in [0.25, 0.3) is 22.3 Å². The quantitative estimate of drug-likeness (QED) is 0.0319. The van der Waals surface area contributed by atoms with Crippen molar-refractivity contribution in [1.29, 1.82) is 0 Å². The van der Waals surface area contributed by atoms with Gasteiger partial charge >= 0.3 is 11.9 Å². The number of carboxylic acids is 1. The molecule has 24 heteroatoms. The van der Waals surface area contributed by atoms with Crippen LogP contribution in [-0.2, 0) is 38.0 Å². The Morgan fingerprint density at radius 3 is 2.05 bits per heavy atom. The Balaban J connectivity index is 1.32. The lowest BCUT2D eigenvalue weighted by atomic mass is 9.97. The summed E-state index contributed by atoms with van der Waals surface area (Å²) in [7, 11) is 0. The molecular formula is C37H44O24. The van der Waals surface area contributed by atoms with Gasteiger partial charge in [0.2, 0.25) is 23.8 Å². The Morgan fingerprint density at radius 1 is 0.738 bits per heavy atom. The number of phenols is 2. The second-order valence-corrected chi connectivity index (χ2v) is 14.3. The third-order valence-corrected chi connectivity index (χ3v) is 10.00. The molecule has 61 heavy (non-hydrogen) atoms. The van der Waals surface area contributed by atoms with Crippen molar-refractivity contribution in [3.8, 4) is 34.3 Å². The summed E-state index contributed by atoms with van der Waals surface area (Å²) in [6.45, 7) is -0.855. The van der Waals surface area contributed by atoms with Crippen molar-refractivity contribution in [2.45, 2.75) is 105 Å². The third kappa shape index (κ3) is 9.82. The Hall–Kier alpha value is -4.77. The second kappa shape index (κ2) is 19.1. The first kappa shape index (κ1) is 45.7. The molecule has 336 valence electrons. The fourth-order valence-electron chi connectivity index (χ4n) is 6.66. The van der Waals surface area contributed by atoms with E-state index in [-0.39, 0.29) is 17.1 Å². The molecule has 4 heterocycles. The first-order chi connectivity index (χ1) is 28.9. The number of aromatic hydroxyl groups is 2. The van der Waals surface area contributed by atoms with E-state index < -0.39 is 164 Å². The Labute approximate surface area is 342 Å². The molecule has 3 aliphatic heterocycles. The Morgan fingerprint density at radius 2 is 1.38 bits per heavy atom. The number of carbonyl (C=O) groups excluding carboxylic acids is 1. The van der Waals surface area contributed by atoms with Gasteiger partial charge in [-0.3, -0.25) is 14.4 Å². The number of hydrogen-bond donors (Lipinski definition) is 12. The lowest BCUT2D eigenvalue weighted by Gasteiger charge is -2.45. The lowest BCUT2D eigenvalue weighted by Crippen LogP contribution is -2.64. The summed E-state index contributed by atoms with van der Waals surface area (Å²) in [6.07, 6.45) is -27.1. The summed E-state index contributed by atoms with van der Waals surface area (Å²) in [5.74, 6) is -5.07. The highest BCUT2D eigenvalue weighted by Gasteiger charge is 2.51. The topological polar surface area (TPSA) is 381 Å². The number of rotatable bonds is 14. The Kier molecular flexibility index (Phi) is 14.3. The minimum atomic E-state index is -1.98. The van der Waals surface area contributed by atoms with Crippen molar-refractivity contribution in [1.82, 2.24) is 0 Å². The van der Waals surface area contributed by atoms with E-state index in [0.717, 1.165) is 12.1 Å². The molecule has 0 amide bonds. The Bertz CT molecular complexity index is 2060. The van der Waals surface area contributed by atoms with Crippen LogP contribution < -0.4 is 14.9 Å². The zero-order valence-corrected chi connectivity index (χ0v) is 31.7. The number of carboxylic acid groups (broad SMARTS) is 1. The maximum atomic E-state index is 14.3.